The molecule has 0 aliphatic heterocycles. The van der Waals surface area contributed by atoms with Crippen molar-refractivity contribution in [1.29, 1.82) is 0 Å². The van der Waals surface area contributed by atoms with Crippen molar-refractivity contribution in [1.82, 2.24) is 0 Å². The minimum Gasteiger partial charge on any atom is -0.462 e. The SMILES string of the molecule is CCCCCCCC/C=C\CCCCCCCC(=O)OCC(COP(=O)(O)OCC[N+](C)(C)C)OC(=O)CCCCCCC/C=C\CC(O)C(O)CCCCC. The van der Waals surface area contributed by atoms with E-state index >= 15 is 0 Å². The van der Waals surface area contributed by atoms with E-state index in [0.717, 1.165) is 83.5 Å². The second-order valence-corrected chi connectivity index (χ2v) is 17.8. The number of rotatable bonds is 40. The molecule has 0 spiro atoms. The molecule has 0 amide bonds. The molecule has 0 heterocycles. The van der Waals surface area contributed by atoms with Gasteiger partial charge in [-0.15, -0.1) is 0 Å². The summed E-state index contributed by atoms with van der Waals surface area (Å²) in [4.78, 5) is 35.3. The third-order valence-electron chi connectivity index (χ3n) is 9.65. The van der Waals surface area contributed by atoms with Gasteiger partial charge in [-0.3, -0.25) is 18.6 Å². The first-order valence-electron chi connectivity index (χ1n) is 22.2. The molecule has 4 unspecified atom stereocenters. The number of aliphatic hydroxyl groups is 2. The Morgan fingerprint density at radius 3 is 1.64 bits per heavy atom. The first kappa shape index (κ1) is 54.4. The number of unbranched alkanes of at least 4 members (excludes halogenated alkanes) is 18. The zero-order valence-corrected chi connectivity index (χ0v) is 37.2. The molecule has 0 aliphatic rings. The summed E-state index contributed by atoms with van der Waals surface area (Å²) in [5.41, 5.74) is 0. The van der Waals surface area contributed by atoms with Gasteiger partial charge in [0, 0.05) is 12.8 Å². The van der Waals surface area contributed by atoms with Gasteiger partial charge in [-0.05, 0) is 64.2 Å². The summed E-state index contributed by atoms with van der Waals surface area (Å²) in [5, 5.41) is 20.1. The lowest BCUT2D eigenvalue weighted by atomic mass is 10.0. The second-order valence-electron chi connectivity index (χ2n) is 16.4. The highest BCUT2D eigenvalue weighted by Crippen LogP contribution is 2.43. The number of nitrogens with zero attached hydrogens (tertiary/aromatic N) is 1. The molecule has 0 fully saturated rings. The van der Waals surface area contributed by atoms with Gasteiger partial charge >= 0.3 is 19.8 Å². The Kier molecular flexibility index (Phi) is 35.5. The Labute approximate surface area is 342 Å². The van der Waals surface area contributed by atoms with E-state index in [2.05, 4.69) is 26.0 Å². The Bertz CT molecular complexity index is 1050. The molecule has 0 aromatic rings. The first-order valence-corrected chi connectivity index (χ1v) is 23.7. The molecule has 3 N–H and O–H groups in total. The minimum atomic E-state index is -4.40. The Hall–Kier alpha value is -1.59. The van der Waals surface area contributed by atoms with Crippen LogP contribution >= 0.6 is 7.82 Å². The smallest absolute Gasteiger partial charge is 0.462 e. The van der Waals surface area contributed by atoms with Crippen LogP contribution in [0, 0.1) is 0 Å². The number of quaternary nitrogens is 1. The van der Waals surface area contributed by atoms with E-state index in [0.29, 0.717) is 36.7 Å². The third-order valence-corrected chi connectivity index (χ3v) is 10.6. The highest BCUT2D eigenvalue weighted by Gasteiger charge is 2.27. The molecule has 0 aromatic heterocycles. The maximum Gasteiger partial charge on any atom is 0.472 e. The van der Waals surface area contributed by atoms with Crippen molar-refractivity contribution >= 4 is 19.8 Å². The number of phosphoric ester groups is 1. The molecule has 0 saturated carbocycles. The number of allylic oxidation sites excluding steroid dienone is 3. The second kappa shape index (κ2) is 36.5. The van der Waals surface area contributed by atoms with E-state index in [4.69, 9.17) is 18.5 Å². The average molecular weight is 819 g/mol. The Morgan fingerprint density at radius 2 is 1.09 bits per heavy atom. The van der Waals surface area contributed by atoms with Gasteiger partial charge in [-0.25, -0.2) is 4.57 Å². The van der Waals surface area contributed by atoms with Gasteiger partial charge in [-0.2, -0.15) is 0 Å². The molecule has 0 rings (SSSR count). The van der Waals surface area contributed by atoms with Crippen LogP contribution in [0.2, 0.25) is 0 Å². The van der Waals surface area contributed by atoms with Gasteiger partial charge in [0.05, 0.1) is 40.0 Å². The van der Waals surface area contributed by atoms with Crippen LogP contribution < -0.4 is 0 Å². The summed E-state index contributed by atoms with van der Waals surface area (Å²) >= 11 is 0. The van der Waals surface area contributed by atoms with Gasteiger partial charge in [0.2, 0.25) is 0 Å². The van der Waals surface area contributed by atoms with Crippen molar-refractivity contribution in [3.8, 4) is 0 Å². The fraction of sp³-hybridized carbons (Fsp3) is 0.864. The third kappa shape index (κ3) is 38.0. The largest absolute Gasteiger partial charge is 0.472 e. The van der Waals surface area contributed by atoms with Crippen LogP contribution in [0.15, 0.2) is 24.3 Å². The van der Waals surface area contributed by atoms with Crippen LogP contribution in [0.25, 0.3) is 0 Å². The maximum absolute atomic E-state index is 12.7. The van der Waals surface area contributed by atoms with E-state index in [1.54, 1.807) is 0 Å². The van der Waals surface area contributed by atoms with Gasteiger partial charge in [0.25, 0.3) is 0 Å². The fourth-order valence-electron chi connectivity index (χ4n) is 5.97. The van der Waals surface area contributed by atoms with Crippen molar-refractivity contribution in [3.05, 3.63) is 24.3 Å². The maximum atomic E-state index is 12.7. The summed E-state index contributed by atoms with van der Waals surface area (Å²) < 4.78 is 34.2. The quantitative estimate of drug-likeness (QED) is 0.0179. The van der Waals surface area contributed by atoms with Crippen molar-refractivity contribution in [3.63, 3.8) is 0 Å². The van der Waals surface area contributed by atoms with E-state index in [-0.39, 0.29) is 26.1 Å². The predicted octanol–water partition coefficient (Wildman–Crippen LogP) is 10.3. The number of esters is 2. The number of likely N-dealkylation sites (N-methyl/N-ethyl adjacent to an activating group) is 1. The number of carbonyl (C=O) groups is 2. The molecule has 56 heavy (non-hydrogen) atoms. The van der Waals surface area contributed by atoms with Crippen molar-refractivity contribution in [2.75, 3.05) is 47.5 Å². The lowest BCUT2D eigenvalue weighted by molar-refractivity contribution is -0.870. The fourth-order valence-corrected chi connectivity index (χ4v) is 6.71. The average Bonchev–Trinajstić information content (AvgIpc) is 3.14. The molecule has 12 heteroatoms. The van der Waals surface area contributed by atoms with Crippen molar-refractivity contribution in [2.24, 2.45) is 0 Å². The van der Waals surface area contributed by atoms with Crippen LogP contribution in [0.5, 0.6) is 0 Å². The number of aliphatic hydroxyl groups excluding tert-OH is 2. The molecule has 0 aromatic carbocycles. The van der Waals surface area contributed by atoms with Crippen LogP contribution in [0.1, 0.15) is 181 Å². The summed E-state index contributed by atoms with van der Waals surface area (Å²) in [6.07, 6.45) is 31.3. The molecule has 330 valence electrons. The van der Waals surface area contributed by atoms with Gasteiger partial charge in [0.15, 0.2) is 6.10 Å². The van der Waals surface area contributed by atoms with E-state index < -0.39 is 44.7 Å². The molecule has 0 aliphatic carbocycles. The normalized spacial score (nSPS) is 14.9. The number of hydrogen-bond acceptors (Lipinski definition) is 9. The van der Waals surface area contributed by atoms with Crippen LogP contribution in [0.4, 0.5) is 0 Å². The number of carbonyl (C=O) groups excluding carboxylic acids is 2. The topological polar surface area (TPSA) is 149 Å². The van der Waals surface area contributed by atoms with Crippen LogP contribution in [-0.2, 0) is 32.7 Å². The molecule has 4 atom stereocenters. The Morgan fingerprint density at radius 1 is 0.607 bits per heavy atom. The van der Waals surface area contributed by atoms with Crippen molar-refractivity contribution in [2.45, 2.75) is 199 Å². The number of ether oxygens (including phenoxy) is 2. The highest BCUT2D eigenvalue weighted by atomic mass is 31.2. The Balaban J connectivity index is 4.46. The number of phosphoric acid groups is 1. The lowest BCUT2D eigenvalue weighted by Gasteiger charge is -2.24. The lowest BCUT2D eigenvalue weighted by Crippen LogP contribution is -2.37. The van der Waals surface area contributed by atoms with E-state index in [1.807, 2.05) is 33.3 Å². The summed E-state index contributed by atoms with van der Waals surface area (Å²) in [5.74, 6) is -0.884. The molecule has 0 saturated heterocycles. The molecule has 0 bridgehead atoms. The van der Waals surface area contributed by atoms with Gasteiger partial charge in [0.1, 0.15) is 19.8 Å². The zero-order chi connectivity index (χ0) is 41.8. The van der Waals surface area contributed by atoms with Crippen LogP contribution in [0.3, 0.4) is 0 Å². The van der Waals surface area contributed by atoms with Crippen LogP contribution in [-0.4, -0.2) is 97.3 Å². The van der Waals surface area contributed by atoms with E-state index in [9.17, 15) is 29.3 Å². The molecular weight excluding hydrogens is 733 g/mol. The highest BCUT2D eigenvalue weighted by molar-refractivity contribution is 7.47. The zero-order valence-electron chi connectivity index (χ0n) is 36.3. The first-order chi connectivity index (χ1) is 26.8. The standard InChI is InChI=1S/C44H84NO10P/c1-6-8-10-11-12-13-14-15-16-17-18-19-23-26-30-34-43(48)52-38-40(39-54-56(50,51)53-37-36-45(3,4)5)55-44(49)35-31-27-24-21-20-22-25-29-33-42(47)41(46)32-28-9-7-2/h15-16,25,29,40-42,46-47H,6-14,17-24,26-28,30-39H2,1-5H3/p+1/b16-15-,29-25-. The summed E-state index contributed by atoms with van der Waals surface area (Å²) in [6, 6.07) is 0. The monoisotopic (exact) mass is 819 g/mol. The van der Waals surface area contributed by atoms with Crippen molar-refractivity contribution < 1.29 is 52.3 Å². The van der Waals surface area contributed by atoms with Gasteiger partial charge in [-0.1, -0.05) is 128 Å². The minimum absolute atomic E-state index is 0.00934. The summed E-state index contributed by atoms with van der Waals surface area (Å²) in [6.45, 7) is 4.15. The van der Waals surface area contributed by atoms with E-state index in [1.165, 1.54) is 44.9 Å². The molecule has 0 radical (unpaired) electrons. The molecule has 11 nitrogen and oxygen atoms in total. The molecular formula is C44H85NO10P+. The number of hydrogen-bond donors (Lipinski definition) is 3. The summed E-state index contributed by atoms with van der Waals surface area (Å²) in [7, 11) is 1.40. The van der Waals surface area contributed by atoms with Gasteiger partial charge < -0.3 is 29.1 Å². The predicted molar refractivity (Wildman–Crippen MR) is 227 cm³/mol.